The minimum atomic E-state index is 0.00390. The Morgan fingerprint density at radius 1 is 1.03 bits per heavy atom. The Morgan fingerprint density at radius 3 is 2.53 bits per heavy atom. The molecule has 178 valence electrons. The normalized spacial score (nSPS) is 21.1. The maximum absolute atomic E-state index is 5.90. The Kier molecular flexibility index (Phi) is 6.68. The zero-order chi connectivity index (χ0) is 23.7. The summed E-state index contributed by atoms with van der Waals surface area (Å²) in [7, 11) is 0. The minimum absolute atomic E-state index is 0.00390. The number of nitrogens with zero attached hydrogens (tertiary/aromatic N) is 4. The van der Waals surface area contributed by atoms with Gasteiger partial charge in [-0.3, -0.25) is 9.88 Å². The number of thiocarbonyl (C=S) groups is 1. The van der Waals surface area contributed by atoms with Crippen LogP contribution in [0.1, 0.15) is 40.3 Å². The molecule has 4 heterocycles. The van der Waals surface area contributed by atoms with Crippen molar-refractivity contribution < 1.29 is 4.74 Å². The van der Waals surface area contributed by atoms with Crippen LogP contribution in [-0.4, -0.2) is 63.9 Å². The lowest BCUT2D eigenvalue weighted by Gasteiger charge is -2.32. The van der Waals surface area contributed by atoms with Gasteiger partial charge in [0, 0.05) is 49.5 Å². The second-order valence-electron chi connectivity index (χ2n) is 9.22. The highest BCUT2D eigenvalue weighted by molar-refractivity contribution is 7.80. The van der Waals surface area contributed by atoms with Gasteiger partial charge in [-0.2, -0.15) is 0 Å². The second-order valence-corrected chi connectivity index (χ2v) is 9.61. The average molecular weight is 476 g/mol. The standard InChI is InChI=1S/C27H33N5OS/c1-19-8-4-5-10-24(19)32-20(2)18-22(21(32)3)26-25(23-9-6-7-11-28-23)29-27(34)31(26)13-12-30-14-16-33-17-15-30/h4-11,18,25-26H,12-17H2,1-3H3,(H,29,34)/t25-,26-/m0/s1. The monoisotopic (exact) mass is 475 g/mol. The van der Waals surface area contributed by atoms with Crippen molar-refractivity contribution in [2.24, 2.45) is 0 Å². The summed E-state index contributed by atoms with van der Waals surface area (Å²) in [5, 5.41) is 4.41. The molecular formula is C27H33N5OS. The first-order valence-corrected chi connectivity index (χ1v) is 12.5. The van der Waals surface area contributed by atoms with E-state index in [1.54, 1.807) is 0 Å². The molecule has 1 N–H and O–H groups in total. The zero-order valence-electron chi connectivity index (χ0n) is 20.2. The SMILES string of the molecule is Cc1ccccc1-n1c(C)cc([C@H]2[C@H](c3ccccn3)NC(=S)N2CCN2CCOCC2)c1C. The van der Waals surface area contributed by atoms with Gasteiger partial charge in [0.1, 0.15) is 0 Å². The zero-order valence-corrected chi connectivity index (χ0v) is 21.0. The molecule has 34 heavy (non-hydrogen) atoms. The molecule has 0 unspecified atom stereocenters. The summed E-state index contributed by atoms with van der Waals surface area (Å²) in [6, 6.07) is 17.1. The second kappa shape index (κ2) is 9.86. The summed E-state index contributed by atoms with van der Waals surface area (Å²) in [5.74, 6) is 0. The largest absolute Gasteiger partial charge is 0.379 e. The third-order valence-corrected chi connectivity index (χ3v) is 7.46. The van der Waals surface area contributed by atoms with Crippen LogP contribution in [0.4, 0.5) is 0 Å². The van der Waals surface area contributed by atoms with Gasteiger partial charge < -0.3 is 19.5 Å². The van der Waals surface area contributed by atoms with Crippen molar-refractivity contribution in [3.05, 3.63) is 82.9 Å². The van der Waals surface area contributed by atoms with Gasteiger partial charge in [-0.1, -0.05) is 24.3 Å². The molecule has 2 aromatic heterocycles. The smallest absolute Gasteiger partial charge is 0.170 e. The number of rotatable bonds is 6. The Morgan fingerprint density at radius 2 is 1.79 bits per heavy atom. The van der Waals surface area contributed by atoms with Crippen molar-refractivity contribution in [3.63, 3.8) is 0 Å². The Hall–Kier alpha value is -2.74. The lowest BCUT2D eigenvalue weighted by Crippen LogP contribution is -2.42. The lowest BCUT2D eigenvalue weighted by atomic mass is 9.96. The van der Waals surface area contributed by atoms with E-state index in [1.165, 1.54) is 28.2 Å². The highest BCUT2D eigenvalue weighted by Crippen LogP contribution is 2.41. The van der Waals surface area contributed by atoms with Crippen molar-refractivity contribution in [1.29, 1.82) is 0 Å². The topological polar surface area (TPSA) is 45.6 Å². The van der Waals surface area contributed by atoms with Crippen LogP contribution < -0.4 is 5.32 Å². The maximum atomic E-state index is 5.90. The molecule has 0 radical (unpaired) electrons. The Labute approximate surface area is 207 Å². The fraction of sp³-hybridized carbons (Fsp3) is 0.407. The van der Waals surface area contributed by atoms with E-state index in [4.69, 9.17) is 21.9 Å². The first kappa shape index (κ1) is 23.0. The van der Waals surface area contributed by atoms with Gasteiger partial charge in [0.05, 0.1) is 31.0 Å². The fourth-order valence-corrected chi connectivity index (χ4v) is 5.66. The molecule has 0 amide bonds. The van der Waals surface area contributed by atoms with E-state index in [0.717, 1.165) is 50.2 Å². The van der Waals surface area contributed by atoms with Crippen LogP contribution in [0.2, 0.25) is 0 Å². The number of pyridine rings is 1. The molecule has 2 saturated heterocycles. The van der Waals surface area contributed by atoms with Crippen molar-refractivity contribution in [1.82, 2.24) is 24.7 Å². The van der Waals surface area contributed by atoms with Crippen molar-refractivity contribution >= 4 is 17.3 Å². The van der Waals surface area contributed by atoms with E-state index < -0.39 is 0 Å². The molecule has 0 saturated carbocycles. The first-order valence-electron chi connectivity index (χ1n) is 12.1. The molecule has 0 aliphatic carbocycles. The van der Waals surface area contributed by atoms with Gasteiger partial charge in [0.2, 0.25) is 0 Å². The molecule has 0 bridgehead atoms. The predicted molar refractivity (Wildman–Crippen MR) is 139 cm³/mol. The number of aromatic nitrogens is 2. The van der Waals surface area contributed by atoms with Crippen LogP contribution in [0, 0.1) is 20.8 Å². The van der Waals surface area contributed by atoms with Gasteiger partial charge in [-0.15, -0.1) is 0 Å². The molecule has 2 aliphatic rings. The van der Waals surface area contributed by atoms with E-state index >= 15 is 0 Å². The molecule has 5 rings (SSSR count). The van der Waals surface area contributed by atoms with Gasteiger partial charge in [-0.05, 0) is 68.4 Å². The summed E-state index contributed by atoms with van der Waals surface area (Å²) in [5.41, 5.74) is 7.29. The van der Waals surface area contributed by atoms with Gasteiger partial charge >= 0.3 is 0 Å². The third-order valence-electron chi connectivity index (χ3n) is 7.10. The Balaban J connectivity index is 1.53. The molecule has 0 spiro atoms. The van der Waals surface area contributed by atoms with Crippen molar-refractivity contribution in [3.8, 4) is 5.69 Å². The summed E-state index contributed by atoms with van der Waals surface area (Å²) in [4.78, 5) is 9.54. The fourth-order valence-electron chi connectivity index (χ4n) is 5.33. The summed E-state index contributed by atoms with van der Waals surface area (Å²) < 4.78 is 7.91. The van der Waals surface area contributed by atoms with Gasteiger partial charge in [-0.25, -0.2) is 0 Å². The summed E-state index contributed by atoms with van der Waals surface area (Å²) in [6.07, 6.45) is 1.87. The van der Waals surface area contributed by atoms with Crippen molar-refractivity contribution in [2.45, 2.75) is 32.9 Å². The summed E-state index contributed by atoms with van der Waals surface area (Å²) in [6.45, 7) is 12.0. The van der Waals surface area contributed by atoms with Gasteiger partial charge in [0.15, 0.2) is 5.11 Å². The summed E-state index contributed by atoms with van der Waals surface area (Å²) >= 11 is 5.90. The quantitative estimate of drug-likeness (QED) is 0.542. The molecule has 6 nitrogen and oxygen atoms in total. The lowest BCUT2D eigenvalue weighted by molar-refractivity contribution is 0.0350. The first-order chi connectivity index (χ1) is 16.5. The molecule has 2 atom stereocenters. The van der Waals surface area contributed by atoms with Crippen LogP contribution in [0.5, 0.6) is 0 Å². The molecular weight excluding hydrogens is 442 g/mol. The number of benzene rings is 1. The predicted octanol–water partition coefficient (Wildman–Crippen LogP) is 4.10. The molecule has 2 fully saturated rings. The van der Waals surface area contributed by atoms with E-state index in [2.05, 4.69) is 82.9 Å². The number of morpholine rings is 1. The minimum Gasteiger partial charge on any atom is -0.379 e. The van der Waals surface area contributed by atoms with Crippen LogP contribution in [0.25, 0.3) is 5.69 Å². The number of ether oxygens (including phenoxy) is 1. The van der Waals surface area contributed by atoms with Gasteiger partial charge in [0.25, 0.3) is 0 Å². The maximum Gasteiger partial charge on any atom is 0.170 e. The third kappa shape index (κ3) is 4.35. The highest BCUT2D eigenvalue weighted by atomic mass is 32.1. The number of hydrogen-bond donors (Lipinski definition) is 1. The number of aryl methyl sites for hydroxylation is 2. The average Bonchev–Trinajstić information content (AvgIpc) is 3.34. The number of nitrogens with one attached hydrogen (secondary N) is 1. The number of hydrogen-bond acceptors (Lipinski definition) is 4. The molecule has 1 aromatic carbocycles. The van der Waals surface area contributed by atoms with Crippen LogP contribution in [0.15, 0.2) is 54.7 Å². The molecule has 7 heteroatoms. The molecule has 2 aliphatic heterocycles. The van der Waals surface area contributed by atoms with Crippen molar-refractivity contribution in [2.75, 3.05) is 39.4 Å². The number of para-hydroxylation sites is 1. The van der Waals surface area contributed by atoms with Crippen LogP contribution in [0.3, 0.4) is 0 Å². The Bertz CT molecular complexity index is 1160. The molecule has 3 aromatic rings. The van der Waals surface area contributed by atoms with Crippen LogP contribution in [-0.2, 0) is 4.74 Å². The van der Waals surface area contributed by atoms with E-state index in [9.17, 15) is 0 Å². The van der Waals surface area contributed by atoms with E-state index in [0.29, 0.717) is 0 Å². The van der Waals surface area contributed by atoms with E-state index in [1.807, 2.05) is 12.3 Å². The highest BCUT2D eigenvalue weighted by Gasteiger charge is 2.41. The van der Waals surface area contributed by atoms with E-state index in [-0.39, 0.29) is 12.1 Å². The van der Waals surface area contributed by atoms with Crippen LogP contribution >= 0.6 is 12.2 Å².